The van der Waals surface area contributed by atoms with Crippen molar-refractivity contribution in [1.82, 2.24) is 0 Å². The third-order valence-corrected chi connectivity index (χ3v) is 4.37. The van der Waals surface area contributed by atoms with Crippen molar-refractivity contribution < 1.29 is 33.2 Å². The van der Waals surface area contributed by atoms with E-state index in [1.807, 2.05) is 38.2 Å². The second-order valence-electron chi connectivity index (χ2n) is 6.95. The Morgan fingerprint density at radius 1 is 1.07 bits per heavy atom. The minimum atomic E-state index is -0.704. The summed E-state index contributed by atoms with van der Waals surface area (Å²) in [5.41, 5.74) is 1.14. The lowest BCUT2D eigenvalue weighted by Crippen LogP contribution is -3.08. The second-order valence-corrected chi connectivity index (χ2v) is 6.95. The van der Waals surface area contributed by atoms with Crippen LogP contribution in [0.4, 0.5) is 5.88 Å². The summed E-state index contributed by atoms with van der Waals surface area (Å²) in [5.74, 6) is -0.376. The smallest absolute Gasteiger partial charge is 0.344 e. The normalized spacial score (nSPS) is 11.6. The van der Waals surface area contributed by atoms with E-state index in [2.05, 4.69) is 5.32 Å². The summed E-state index contributed by atoms with van der Waals surface area (Å²) in [5, 5.41) is 2.61. The van der Waals surface area contributed by atoms with E-state index in [-0.39, 0.29) is 47.6 Å². The number of likely N-dealkylation sites (N-methyl/N-ethyl adjacent to an activating group) is 1. The molecule has 162 valence electrons. The first-order valence-corrected chi connectivity index (χ1v) is 9.91. The van der Waals surface area contributed by atoms with Crippen molar-refractivity contribution in [3.05, 3.63) is 46.7 Å². The third kappa shape index (κ3) is 5.93. The van der Waals surface area contributed by atoms with Crippen molar-refractivity contribution in [2.24, 2.45) is 0 Å². The van der Waals surface area contributed by atoms with Gasteiger partial charge < -0.3 is 18.8 Å². The average Bonchev–Trinajstić information content (AvgIpc) is 2.99. The van der Waals surface area contributed by atoms with Gasteiger partial charge in [-0.3, -0.25) is 14.9 Å². The number of ketones is 1. The summed E-state index contributed by atoms with van der Waals surface area (Å²) in [6.45, 7) is 8.01. The molecular formula is C22H29N2O6+. The average molecular weight is 417 g/mol. The minimum absolute atomic E-state index is 0.0423. The van der Waals surface area contributed by atoms with Gasteiger partial charge in [-0.15, -0.1) is 0 Å². The van der Waals surface area contributed by atoms with Crippen LogP contribution in [-0.2, 0) is 16.1 Å². The fraction of sp³-hybridized carbons (Fsp3) is 0.409. The first kappa shape index (κ1) is 23.2. The van der Waals surface area contributed by atoms with Gasteiger partial charge >= 0.3 is 5.97 Å². The zero-order chi connectivity index (χ0) is 22.3. The van der Waals surface area contributed by atoms with Crippen LogP contribution in [-0.4, -0.2) is 44.5 Å². The molecule has 8 heteroatoms. The number of esters is 1. The molecule has 8 nitrogen and oxygen atoms in total. The molecule has 1 atom stereocenters. The van der Waals surface area contributed by atoms with Crippen molar-refractivity contribution in [3.63, 3.8) is 0 Å². The first-order chi connectivity index (χ1) is 14.3. The molecule has 1 amide bonds. The number of benzene rings is 1. The van der Waals surface area contributed by atoms with Crippen molar-refractivity contribution in [3.8, 4) is 5.75 Å². The number of carbonyl (C=O) groups excluding carboxylic acids is 3. The zero-order valence-corrected chi connectivity index (χ0v) is 18.1. The van der Waals surface area contributed by atoms with Crippen LogP contribution in [0.5, 0.6) is 5.75 Å². The number of Topliss-reactive ketones (excluding diaryl/α,β-unsaturated/α-hetero) is 1. The van der Waals surface area contributed by atoms with Gasteiger partial charge in [0.25, 0.3) is 5.91 Å². The predicted octanol–water partition coefficient (Wildman–Crippen LogP) is 2.02. The standard InChI is InChI=1S/C22H28N2O6/c1-6-28-17-10-8-16(9-11-17)12-24(5)13-18(26)23-21-20(22(27)29-7-2)19(14(3)25)15(4)30-21/h8-11H,6-7,12-13H2,1-5H3,(H,23,26)/p+1. The molecule has 2 N–H and O–H groups in total. The zero-order valence-electron chi connectivity index (χ0n) is 18.1. The van der Waals surface area contributed by atoms with Gasteiger partial charge in [-0.25, -0.2) is 4.79 Å². The van der Waals surface area contributed by atoms with Crippen molar-refractivity contribution in [2.75, 3.05) is 32.1 Å². The highest BCUT2D eigenvalue weighted by molar-refractivity contribution is 6.10. The van der Waals surface area contributed by atoms with E-state index in [1.165, 1.54) is 6.92 Å². The maximum atomic E-state index is 12.5. The number of rotatable bonds is 10. The summed E-state index contributed by atoms with van der Waals surface area (Å²) >= 11 is 0. The Morgan fingerprint density at radius 3 is 2.30 bits per heavy atom. The van der Waals surface area contributed by atoms with Gasteiger partial charge in [0, 0.05) is 5.56 Å². The lowest BCUT2D eigenvalue weighted by atomic mass is 10.1. The number of amides is 1. The lowest BCUT2D eigenvalue weighted by molar-refractivity contribution is -0.885. The van der Waals surface area contributed by atoms with Crippen LogP contribution in [0, 0.1) is 6.92 Å². The van der Waals surface area contributed by atoms with Gasteiger partial charge in [0.1, 0.15) is 23.6 Å². The summed E-state index contributed by atoms with van der Waals surface area (Å²) in [4.78, 5) is 37.7. The Kier molecular flexibility index (Phi) is 8.17. The number of hydrogen-bond acceptors (Lipinski definition) is 6. The second kappa shape index (κ2) is 10.6. The van der Waals surface area contributed by atoms with Gasteiger partial charge in [0.05, 0.1) is 25.8 Å². The molecule has 0 aliphatic heterocycles. The van der Waals surface area contributed by atoms with Gasteiger partial charge in [0.2, 0.25) is 5.88 Å². The fourth-order valence-corrected chi connectivity index (χ4v) is 3.18. The Labute approximate surface area is 176 Å². The Morgan fingerprint density at radius 2 is 1.73 bits per heavy atom. The molecule has 1 aromatic carbocycles. The van der Waals surface area contributed by atoms with Gasteiger partial charge in [-0.2, -0.15) is 0 Å². The highest BCUT2D eigenvalue weighted by atomic mass is 16.5. The van der Waals surface area contributed by atoms with E-state index in [0.717, 1.165) is 16.2 Å². The van der Waals surface area contributed by atoms with Crippen LogP contribution in [0.3, 0.4) is 0 Å². The molecule has 0 saturated carbocycles. The number of nitrogens with one attached hydrogen (secondary N) is 2. The Hall–Kier alpha value is -3.13. The van der Waals surface area contributed by atoms with Gasteiger partial charge in [0.15, 0.2) is 12.3 Å². The number of carbonyl (C=O) groups is 3. The molecular weight excluding hydrogens is 388 g/mol. The Bertz CT molecular complexity index is 901. The maximum absolute atomic E-state index is 12.5. The molecule has 0 fully saturated rings. The van der Waals surface area contributed by atoms with E-state index >= 15 is 0 Å². The molecule has 30 heavy (non-hydrogen) atoms. The monoisotopic (exact) mass is 417 g/mol. The number of hydrogen-bond donors (Lipinski definition) is 2. The van der Waals surface area contributed by atoms with E-state index in [4.69, 9.17) is 13.9 Å². The first-order valence-electron chi connectivity index (χ1n) is 9.91. The molecule has 0 spiro atoms. The van der Waals surface area contributed by atoms with Crippen LogP contribution in [0.2, 0.25) is 0 Å². The summed E-state index contributed by atoms with van der Waals surface area (Å²) < 4.78 is 16.0. The van der Waals surface area contributed by atoms with Crippen LogP contribution in [0.25, 0.3) is 0 Å². The number of anilines is 1. The molecule has 2 rings (SSSR count). The van der Waals surface area contributed by atoms with E-state index < -0.39 is 5.97 Å². The number of quaternary nitrogens is 1. The summed E-state index contributed by atoms with van der Waals surface area (Å²) in [6.07, 6.45) is 0. The molecule has 1 heterocycles. The van der Waals surface area contributed by atoms with Crippen LogP contribution < -0.4 is 15.0 Å². The maximum Gasteiger partial charge on any atom is 0.344 e. The molecule has 1 aromatic heterocycles. The van der Waals surface area contributed by atoms with Crippen LogP contribution in [0.1, 0.15) is 52.8 Å². The minimum Gasteiger partial charge on any atom is -0.494 e. The molecule has 0 aliphatic rings. The fourth-order valence-electron chi connectivity index (χ4n) is 3.18. The van der Waals surface area contributed by atoms with E-state index in [1.54, 1.807) is 13.8 Å². The van der Waals surface area contributed by atoms with Crippen molar-refractivity contribution in [1.29, 1.82) is 0 Å². The van der Waals surface area contributed by atoms with Crippen LogP contribution in [0.15, 0.2) is 28.7 Å². The number of furan rings is 1. The molecule has 0 radical (unpaired) electrons. The molecule has 1 unspecified atom stereocenters. The van der Waals surface area contributed by atoms with E-state index in [0.29, 0.717) is 13.2 Å². The van der Waals surface area contributed by atoms with E-state index in [9.17, 15) is 14.4 Å². The number of ether oxygens (including phenoxy) is 2. The van der Waals surface area contributed by atoms with Crippen LogP contribution >= 0.6 is 0 Å². The SMILES string of the molecule is CCOC(=O)c1c(NC(=O)C[NH+](C)Cc2ccc(OCC)cc2)oc(C)c1C(C)=O. The highest BCUT2D eigenvalue weighted by Crippen LogP contribution is 2.28. The highest BCUT2D eigenvalue weighted by Gasteiger charge is 2.29. The molecule has 2 aromatic rings. The largest absolute Gasteiger partial charge is 0.494 e. The summed E-state index contributed by atoms with van der Waals surface area (Å²) in [6, 6.07) is 7.71. The molecule has 0 saturated heterocycles. The lowest BCUT2D eigenvalue weighted by Gasteiger charge is -2.14. The van der Waals surface area contributed by atoms with Crippen molar-refractivity contribution in [2.45, 2.75) is 34.2 Å². The number of aryl methyl sites for hydroxylation is 1. The van der Waals surface area contributed by atoms with Gasteiger partial charge in [-0.1, -0.05) is 0 Å². The quantitative estimate of drug-likeness (QED) is 0.453. The molecule has 0 bridgehead atoms. The molecule has 0 aliphatic carbocycles. The topological polar surface area (TPSA) is 99.3 Å². The van der Waals surface area contributed by atoms with Gasteiger partial charge in [-0.05, 0) is 52.0 Å². The third-order valence-electron chi connectivity index (χ3n) is 4.37. The summed E-state index contributed by atoms with van der Waals surface area (Å²) in [7, 11) is 1.89. The Balaban J connectivity index is 2.07. The predicted molar refractivity (Wildman–Crippen MR) is 111 cm³/mol. The van der Waals surface area contributed by atoms with Crippen molar-refractivity contribution >= 4 is 23.5 Å².